The third kappa shape index (κ3) is 2.41. The predicted octanol–water partition coefficient (Wildman–Crippen LogP) is 4.49. The molecule has 0 saturated heterocycles. The summed E-state index contributed by atoms with van der Waals surface area (Å²) in [6, 6.07) is 14.6. The topological polar surface area (TPSA) is 23.8 Å². The largest absolute Gasteiger partial charge is 0.206 e. The van der Waals surface area contributed by atoms with Crippen molar-refractivity contribution in [1.29, 1.82) is 5.26 Å². The standard InChI is InChI=1S/C16H14FN/c1-11(2)12-4-3-5-13(8-12)14-6-7-16(17)15(9-14)10-18/h3-9,11H,1-2H3. The van der Waals surface area contributed by atoms with E-state index in [4.69, 9.17) is 5.26 Å². The third-order valence-electron chi connectivity index (χ3n) is 2.97. The minimum absolute atomic E-state index is 0.0856. The molecule has 2 aromatic carbocycles. The monoisotopic (exact) mass is 239 g/mol. The molecule has 0 spiro atoms. The van der Waals surface area contributed by atoms with Gasteiger partial charge in [0.15, 0.2) is 0 Å². The van der Waals surface area contributed by atoms with E-state index in [2.05, 4.69) is 26.0 Å². The van der Waals surface area contributed by atoms with Crippen LogP contribution in [0.1, 0.15) is 30.9 Å². The van der Waals surface area contributed by atoms with E-state index in [1.165, 1.54) is 11.6 Å². The summed E-state index contributed by atoms with van der Waals surface area (Å²) in [6.07, 6.45) is 0. The molecular weight excluding hydrogens is 225 g/mol. The minimum atomic E-state index is -0.471. The quantitative estimate of drug-likeness (QED) is 0.757. The molecule has 1 nitrogen and oxygen atoms in total. The van der Waals surface area contributed by atoms with E-state index in [-0.39, 0.29) is 5.56 Å². The van der Waals surface area contributed by atoms with Gasteiger partial charge in [-0.05, 0) is 34.7 Å². The lowest BCUT2D eigenvalue weighted by atomic mass is 9.96. The molecule has 0 atom stereocenters. The molecule has 0 bridgehead atoms. The summed E-state index contributed by atoms with van der Waals surface area (Å²) in [5, 5.41) is 8.84. The molecule has 2 heteroatoms. The third-order valence-corrected chi connectivity index (χ3v) is 2.97. The minimum Gasteiger partial charge on any atom is -0.206 e. The summed E-state index contributed by atoms with van der Waals surface area (Å²) in [4.78, 5) is 0. The Balaban J connectivity index is 2.49. The fourth-order valence-electron chi connectivity index (χ4n) is 1.87. The van der Waals surface area contributed by atoms with Crippen molar-refractivity contribution in [2.24, 2.45) is 0 Å². The molecule has 0 aliphatic heterocycles. The first kappa shape index (κ1) is 12.3. The van der Waals surface area contributed by atoms with Crippen LogP contribution in [0.5, 0.6) is 0 Å². The lowest BCUT2D eigenvalue weighted by Crippen LogP contribution is -1.89. The highest BCUT2D eigenvalue weighted by Crippen LogP contribution is 2.25. The second-order valence-electron chi connectivity index (χ2n) is 4.59. The molecule has 0 N–H and O–H groups in total. The summed E-state index contributed by atoms with van der Waals surface area (Å²) in [5.74, 6) is -0.0258. The fourth-order valence-corrected chi connectivity index (χ4v) is 1.87. The second kappa shape index (κ2) is 5.01. The highest BCUT2D eigenvalue weighted by Gasteiger charge is 2.06. The van der Waals surface area contributed by atoms with E-state index in [1.807, 2.05) is 18.2 Å². The summed E-state index contributed by atoms with van der Waals surface area (Å²) in [6.45, 7) is 4.26. The van der Waals surface area contributed by atoms with Crippen LogP contribution in [0.2, 0.25) is 0 Å². The van der Waals surface area contributed by atoms with Crippen molar-refractivity contribution >= 4 is 0 Å². The highest BCUT2D eigenvalue weighted by atomic mass is 19.1. The second-order valence-corrected chi connectivity index (χ2v) is 4.59. The average molecular weight is 239 g/mol. The number of benzene rings is 2. The first-order chi connectivity index (χ1) is 8.61. The number of nitrogens with zero attached hydrogens (tertiary/aromatic N) is 1. The Bertz CT molecular complexity index is 609. The van der Waals surface area contributed by atoms with Crippen molar-refractivity contribution in [2.75, 3.05) is 0 Å². The van der Waals surface area contributed by atoms with Crippen molar-refractivity contribution in [1.82, 2.24) is 0 Å². The summed E-state index contributed by atoms with van der Waals surface area (Å²) in [7, 11) is 0. The molecule has 0 unspecified atom stereocenters. The van der Waals surface area contributed by atoms with E-state index in [1.54, 1.807) is 12.1 Å². The summed E-state index contributed by atoms with van der Waals surface area (Å²) in [5.41, 5.74) is 3.20. The van der Waals surface area contributed by atoms with Gasteiger partial charge in [0.1, 0.15) is 11.9 Å². The van der Waals surface area contributed by atoms with Crippen LogP contribution in [-0.4, -0.2) is 0 Å². The molecule has 0 amide bonds. The van der Waals surface area contributed by atoms with Gasteiger partial charge >= 0.3 is 0 Å². The molecule has 18 heavy (non-hydrogen) atoms. The van der Waals surface area contributed by atoms with Crippen molar-refractivity contribution in [3.8, 4) is 17.2 Å². The van der Waals surface area contributed by atoms with E-state index >= 15 is 0 Å². The maximum Gasteiger partial charge on any atom is 0.140 e. The van der Waals surface area contributed by atoms with Gasteiger partial charge in [0.2, 0.25) is 0 Å². The molecular formula is C16H14FN. The number of hydrogen-bond acceptors (Lipinski definition) is 1. The molecule has 2 aromatic rings. The number of halogens is 1. The molecule has 0 heterocycles. The van der Waals surface area contributed by atoms with Gasteiger partial charge in [-0.15, -0.1) is 0 Å². The first-order valence-electron chi connectivity index (χ1n) is 5.92. The van der Waals surface area contributed by atoms with Crippen molar-refractivity contribution in [3.63, 3.8) is 0 Å². The zero-order valence-corrected chi connectivity index (χ0v) is 10.4. The Morgan fingerprint density at radius 2 is 1.78 bits per heavy atom. The zero-order valence-electron chi connectivity index (χ0n) is 10.4. The van der Waals surface area contributed by atoms with E-state index in [0.717, 1.165) is 11.1 Å². The number of rotatable bonds is 2. The van der Waals surface area contributed by atoms with Gasteiger partial charge < -0.3 is 0 Å². The van der Waals surface area contributed by atoms with E-state index in [0.29, 0.717) is 5.92 Å². The van der Waals surface area contributed by atoms with Gasteiger partial charge in [-0.25, -0.2) is 4.39 Å². The average Bonchev–Trinajstić information content (AvgIpc) is 2.39. The first-order valence-corrected chi connectivity index (χ1v) is 5.92. The van der Waals surface area contributed by atoms with Gasteiger partial charge in [-0.3, -0.25) is 0 Å². The van der Waals surface area contributed by atoms with Gasteiger partial charge in [0.25, 0.3) is 0 Å². The zero-order chi connectivity index (χ0) is 13.1. The molecule has 90 valence electrons. The normalized spacial score (nSPS) is 10.4. The predicted molar refractivity (Wildman–Crippen MR) is 70.6 cm³/mol. The van der Waals surface area contributed by atoms with Gasteiger partial charge in [-0.1, -0.05) is 44.2 Å². The number of nitriles is 1. The smallest absolute Gasteiger partial charge is 0.140 e. The van der Waals surface area contributed by atoms with Crippen molar-refractivity contribution < 1.29 is 4.39 Å². The van der Waals surface area contributed by atoms with Crippen LogP contribution in [0.15, 0.2) is 42.5 Å². The van der Waals surface area contributed by atoms with Crippen LogP contribution < -0.4 is 0 Å². The Morgan fingerprint density at radius 3 is 2.44 bits per heavy atom. The molecule has 0 aliphatic rings. The molecule has 0 aromatic heterocycles. The summed E-state index contributed by atoms with van der Waals surface area (Å²) >= 11 is 0. The Morgan fingerprint density at radius 1 is 1.06 bits per heavy atom. The Labute approximate surface area is 107 Å². The van der Waals surface area contributed by atoms with Crippen molar-refractivity contribution in [3.05, 3.63) is 59.4 Å². The molecule has 0 aliphatic carbocycles. The van der Waals surface area contributed by atoms with Gasteiger partial charge in [0.05, 0.1) is 5.56 Å². The van der Waals surface area contributed by atoms with E-state index in [9.17, 15) is 4.39 Å². The Hall–Kier alpha value is -2.14. The fraction of sp³-hybridized carbons (Fsp3) is 0.188. The van der Waals surface area contributed by atoms with Crippen LogP contribution in [0.4, 0.5) is 4.39 Å². The van der Waals surface area contributed by atoms with Crippen LogP contribution in [0.3, 0.4) is 0 Å². The van der Waals surface area contributed by atoms with Gasteiger partial charge in [-0.2, -0.15) is 5.26 Å². The highest BCUT2D eigenvalue weighted by molar-refractivity contribution is 5.66. The van der Waals surface area contributed by atoms with Crippen LogP contribution >= 0.6 is 0 Å². The Kier molecular flexibility index (Phi) is 3.43. The number of hydrogen-bond donors (Lipinski definition) is 0. The van der Waals surface area contributed by atoms with Crippen molar-refractivity contribution in [2.45, 2.75) is 19.8 Å². The lowest BCUT2D eigenvalue weighted by molar-refractivity contribution is 0.624. The lowest BCUT2D eigenvalue weighted by Gasteiger charge is -2.08. The van der Waals surface area contributed by atoms with Gasteiger partial charge in [0, 0.05) is 0 Å². The maximum absolute atomic E-state index is 13.3. The summed E-state index contributed by atoms with van der Waals surface area (Å²) < 4.78 is 13.3. The van der Waals surface area contributed by atoms with Crippen LogP contribution in [-0.2, 0) is 0 Å². The SMILES string of the molecule is CC(C)c1cccc(-c2ccc(F)c(C#N)c2)c1. The maximum atomic E-state index is 13.3. The van der Waals surface area contributed by atoms with E-state index < -0.39 is 5.82 Å². The molecule has 0 radical (unpaired) electrons. The molecule has 0 saturated carbocycles. The molecule has 2 rings (SSSR count). The van der Waals surface area contributed by atoms with Crippen LogP contribution in [0, 0.1) is 17.1 Å². The molecule has 0 fully saturated rings. The van der Waals surface area contributed by atoms with Crippen LogP contribution in [0.25, 0.3) is 11.1 Å².